The van der Waals surface area contributed by atoms with Crippen LogP contribution in [0, 0.1) is 0 Å². The van der Waals surface area contributed by atoms with E-state index in [-0.39, 0.29) is 0 Å². The van der Waals surface area contributed by atoms with E-state index in [1.54, 1.807) is 24.8 Å². The van der Waals surface area contributed by atoms with Crippen molar-refractivity contribution >= 4 is 11.0 Å². The third-order valence-corrected chi connectivity index (χ3v) is 1.24. The SMILES string of the molecule is c1c[nH+]c2cnncc2n1. The molecule has 0 atom stereocenters. The van der Waals surface area contributed by atoms with Gasteiger partial charge < -0.3 is 0 Å². The van der Waals surface area contributed by atoms with Gasteiger partial charge in [0.25, 0.3) is 5.52 Å². The van der Waals surface area contributed by atoms with Gasteiger partial charge in [0.15, 0.2) is 11.7 Å². The summed E-state index contributed by atoms with van der Waals surface area (Å²) in [6.45, 7) is 0. The summed E-state index contributed by atoms with van der Waals surface area (Å²) in [4.78, 5) is 7.03. The van der Waals surface area contributed by atoms with Gasteiger partial charge in [0, 0.05) is 0 Å². The van der Waals surface area contributed by atoms with E-state index in [1.807, 2.05) is 0 Å². The van der Waals surface area contributed by atoms with Crippen LogP contribution < -0.4 is 4.98 Å². The minimum absolute atomic E-state index is 0.831. The van der Waals surface area contributed by atoms with Gasteiger partial charge in [-0.3, -0.25) is 0 Å². The van der Waals surface area contributed by atoms with E-state index in [0.29, 0.717) is 0 Å². The van der Waals surface area contributed by atoms with Crippen LogP contribution in [0.15, 0.2) is 24.8 Å². The van der Waals surface area contributed by atoms with Crippen LogP contribution in [0.3, 0.4) is 0 Å². The molecule has 0 unspecified atom stereocenters. The predicted molar refractivity (Wildman–Crippen MR) is 33.9 cm³/mol. The van der Waals surface area contributed by atoms with Crippen LogP contribution in [-0.4, -0.2) is 15.2 Å². The maximum Gasteiger partial charge on any atom is 0.251 e. The molecule has 0 amide bonds. The molecule has 0 aliphatic heterocycles. The number of aromatic nitrogens is 4. The van der Waals surface area contributed by atoms with E-state index in [2.05, 4.69) is 20.2 Å². The number of nitrogens with one attached hydrogen (secondary N) is 1. The number of H-pyrrole nitrogens is 1. The molecule has 48 valence electrons. The Hall–Kier alpha value is -1.58. The molecule has 2 heterocycles. The first-order chi connectivity index (χ1) is 4.97. The summed E-state index contributed by atoms with van der Waals surface area (Å²) in [5.74, 6) is 0. The Labute approximate surface area is 57.0 Å². The topological polar surface area (TPSA) is 52.8 Å². The predicted octanol–water partition coefficient (Wildman–Crippen LogP) is -0.161. The molecule has 0 bridgehead atoms. The summed E-state index contributed by atoms with van der Waals surface area (Å²) in [5.41, 5.74) is 1.73. The number of nitrogens with zero attached hydrogens (tertiary/aromatic N) is 3. The fraction of sp³-hybridized carbons (Fsp3) is 0. The first-order valence-electron chi connectivity index (χ1n) is 2.90. The van der Waals surface area contributed by atoms with Crippen LogP contribution in [0.25, 0.3) is 11.0 Å². The number of hydrogen-bond acceptors (Lipinski definition) is 3. The molecule has 1 N–H and O–H groups in total. The summed E-state index contributed by atoms with van der Waals surface area (Å²) in [5, 5.41) is 7.37. The number of fused-ring (bicyclic) bond motifs is 1. The molecule has 4 heteroatoms. The molecule has 2 rings (SSSR count). The Morgan fingerprint density at radius 1 is 1.20 bits per heavy atom. The van der Waals surface area contributed by atoms with Gasteiger partial charge in [-0.25, -0.2) is 9.97 Å². The molecule has 0 radical (unpaired) electrons. The second-order valence-electron chi connectivity index (χ2n) is 1.88. The lowest BCUT2D eigenvalue weighted by Gasteiger charge is -1.83. The molecule has 0 aromatic carbocycles. The van der Waals surface area contributed by atoms with Gasteiger partial charge in [-0.05, 0) is 0 Å². The zero-order chi connectivity index (χ0) is 6.81. The summed E-state index contributed by atoms with van der Waals surface area (Å²) >= 11 is 0. The zero-order valence-corrected chi connectivity index (χ0v) is 5.15. The Morgan fingerprint density at radius 2 is 2.10 bits per heavy atom. The van der Waals surface area contributed by atoms with Crippen LogP contribution in [0.2, 0.25) is 0 Å². The summed E-state index contributed by atoms with van der Waals surface area (Å²) in [6, 6.07) is 0. The van der Waals surface area contributed by atoms with Crippen molar-refractivity contribution in [1.29, 1.82) is 0 Å². The van der Waals surface area contributed by atoms with Crippen molar-refractivity contribution in [3.63, 3.8) is 0 Å². The molecule has 0 fully saturated rings. The van der Waals surface area contributed by atoms with Crippen molar-refractivity contribution < 1.29 is 4.98 Å². The minimum atomic E-state index is 0.831. The van der Waals surface area contributed by atoms with Crippen molar-refractivity contribution in [3.05, 3.63) is 24.8 Å². The highest BCUT2D eigenvalue weighted by Gasteiger charge is 1.96. The molecule has 0 saturated carbocycles. The summed E-state index contributed by atoms with van der Waals surface area (Å²) < 4.78 is 0. The lowest BCUT2D eigenvalue weighted by atomic mass is 10.4. The summed E-state index contributed by atoms with van der Waals surface area (Å²) in [7, 11) is 0. The maximum atomic E-state index is 4.05. The highest BCUT2D eigenvalue weighted by atomic mass is 15.1. The Bertz CT molecular complexity index is 281. The maximum absolute atomic E-state index is 4.05. The average molecular weight is 133 g/mol. The largest absolute Gasteiger partial charge is 0.251 e. The number of aromatic amines is 1. The monoisotopic (exact) mass is 133 g/mol. The molecule has 0 saturated heterocycles. The molecule has 0 aliphatic carbocycles. The summed E-state index contributed by atoms with van der Waals surface area (Å²) in [6.07, 6.45) is 6.70. The van der Waals surface area contributed by atoms with Crippen molar-refractivity contribution in [2.24, 2.45) is 0 Å². The molecule has 10 heavy (non-hydrogen) atoms. The lowest BCUT2D eigenvalue weighted by Crippen LogP contribution is -2.03. The Balaban J connectivity index is 2.89. The van der Waals surface area contributed by atoms with Gasteiger partial charge in [-0.1, -0.05) is 0 Å². The number of rotatable bonds is 0. The van der Waals surface area contributed by atoms with Crippen molar-refractivity contribution in [2.75, 3.05) is 0 Å². The van der Waals surface area contributed by atoms with Crippen molar-refractivity contribution in [2.45, 2.75) is 0 Å². The van der Waals surface area contributed by atoms with E-state index >= 15 is 0 Å². The fourth-order valence-electron chi connectivity index (χ4n) is 0.773. The van der Waals surface area contributed by atoms with Crippen molar-refractivity contribution in [1.82, 2.24) is 15.2 Å². The van der Waals surface area contributed by atoms with Gasteiger partial charge in [0.2, 0.25) is 0 Å². The van der Waals surface area contributed by atoms with E-state index in [0.717, 1.165) is 11.0 Å². The Morgan fingerprint density at radius 3 is 3.00 bits per heavy atom. The third kappa shape index (κ3) is 0.699. The molecular formula is C6H5N4+. The normalized spacial score (nSPS) is 10.0. The van der Waals surface area contributed by atoms with Crippen LogP contribution in [0.5, 0.6) is 0 Å². The van der Waals surface area contributed by atoms with Crippen LogP contribution in [0.1, 0.15) is 0 Å². The van der Waals surface area contributed by atoms with Crippen LogP contribution in [0.4, 0.5) is 0 Å². The van der Waals surface area contributed by atoms with Gasteiger partial charge in [0.1, 0.15) is 6.20 Å². The molecule has 2 aromatic heterocycles. The van der Waals surface area contributed by atoms with Gasteiger partial charge in [0.05, 0.1) is 12.4 Å². The number of hydrogen-bond donors (Lipinski definition) is 0. The highest BCUT2D eigenvalue weighted by molar-refractivity contribution is 5.66. The standard InChI is InChI=1S/C6H4N4/c1-2-8-6-4-10-9-3-5(6)7-1/h1-4H/p+1. The lowest BCUT2D eigenvalue weighted by molar-refractivity contribution is -0.345. The van der Waals surface area contributed by atoms with E-state index in [1.165, 1.54) is 0 Å². The van der Waals surface area contributed by atoms with E-state index < -0.39 is 0 Å². The third-order valence-electron chi connectivity index (χ3n) is 1.24. The first-order valence-corrected chi connectivity index (χ1v) is 2.90. The van der Waals surface area contributed by atoms with Crippen LogP contribution >= 0.6 is 0 Å². The first kappa shape index (κ1) is 5.22. The Kier molecular flexibility index (Phi) is 1.04. The molecule has 4 nitrogen and oxygen atoms in total. The van der Waals surface area contributed by atoms with E-state index in [4.69, 9.17) is 0 Å². The van der Waals surface area contributed by atoms with Gasteiger partial charge in [-0.15, -0.1) is 0 Å². The molecule has 2 aromatic rings. The second-order valence-corrected chi connectivity index (χ2v) is 1.88. The van der Waals surface area contributed by atoms with Gasteiger partial charge in [-0.2, -0.15) is 10.2 Å². The smallest absolute Gasteiger partial charge is 0.242 e. The average Bonchev–Trinajstić information content (AvgIpc) is 2.05. The minimum Gasteiger partial charge on any atom is -0.242 e. The van der Waals surface area contributed by atoms with Crippen molar-refractivity contribution in [3.8, 4) is 0 Å². The van der Waals surface area contributed by atoms with Gasteiger partial charge >= 0.3 is 0 Å². The fourth-order valence-corrected chi connectivity index (χ4v) is 0.773. The zero-order valence-electron chi connectivity index (χ0n) is 5.15. The molecular weight excluding hydrogens is 128 g/mol. The molecule has 0 aliphatic rings. The van der Waals surface area contributed by atoms with E-state index in [9.17, 15) is 0 Å². The quantitative estimate of drug-likeness (QED) is 0.501. The van der Waals surface area contributed by atoms with Crippen LogP contribution in [-0.2, 0) is 0 Å². The highest BCUT2D eigenvalue weighted by Crippen LogP contribution is 1.96. The second kappa shape index (κ2) is 1.98. The molecule has 0 spiro atoms.